The van der Waals surface area contributed by atoms with Crippen LogP contribution in [-0.4, -0.2) is 48.8 Å². The first-order valence-corrected chi connectivity index (χ1v) is 12.7. The van der Waals surface area contributed by atoms with Crippen LogP contribution in [0.25, 0.3) is 0 Å². The Kier molecular flexibility index (Phi) is 6.87. The highest BCUT2D eigenvalue weighted by molar-refractivity contribution is 7.89. The van der Waals surface area contributed by atoms with Gasteiger partial charge in [0.2, 0.25) is 5.91 Å². The van der Waals surface area contributed by atoms with E-state index in [1.54, 1.807) is 30.3 Å². The predicted octanol–water partition coefficient (Wildman–Crippen LogP) is 2.33. The SMILES string of the molecule is O=C(NC1(C(=O)N(C2CNC2=O)S(=O)(=O)c2ccccc2)CCCCC1)OCc1ccccc1. The largest absolute Gasteiger partial charge is 0.445 e. The highest BCUT2D eigenvalue weighted by Crippen LogP contribution is 2.34. The van der Waals surface area contributed by atoms with E-state index in [1.165, 1.54) is 12.1 Å². The van der Waals surface area contributed by atoms with Crippen molar-refractivity contribution in [2.75, 3.05) is 6.54 Å². The minimum Gasteiger partial charge on any atom is -0.445 e. The molecule has 1 aliphatic carbocycles. The Labute approximate surface area is 198 Å². The number of hydrogen-bond acceptors (Lipinski definition) is 6. The molecule has 0 radical (unpaired) electrons. The van der Waals surface area contributed by atoms with Gasteiger partial charge in [-0.05, 0) is 30.5 Å². The van der Waals surface area contributed by atoms with Crippen LogP contribution >= 0.6 is 0 Å². The van der Waals surface area contributed by atoms with Gasteiger partial charge < -0.3 is 15.4 Å². The molecule has 0 aromatic heterocycles. The monoisotopic (exact) mass is 485 g/mol. The van der Waals surface area contributed by atoms with Gasteiger partial charge in [-0.15, -0.1) is 0 Å². The average molecular weight is 486 g/mol. The molecule has 4 rings (SSSR count). The van der Waals surface area contributed by atoms with E-state index in [1.807, 2.05) is 18.2 Å². The fourth-order valence-electron chi connectivity index (χ4n) is 4.30. The van der Waals surface area contributed by atoms with Crippen LogP contribution in [0.4, 0.5) is 4.79 Å². The number of nitrogens with one attached hydrogen (secondary N) is 2. The second-order valence-electron chi connectivity index (χ2n) is 8.51. The van der Waals surface area contributed by atoms with Crippen molar-refractivity contribution in [3.63, 3.8) is 0 Å². The van der Waals surface area contributed by atoms with Gasteiger partial charge in [0, 0.05) is 6.54 Å². The molecule has 2 aliphatic rings. The van der Waals surface area contributed by atoms with E-state index in [-0.39, 0.29) is 30.9 Å². The lowest BCUT2D eigenvalue weighted by molar-refractivity contribution is -0.144. The van der Waals surface area contributed by atoms with Crippen molar-refractivity contribution < 1.29 is 27.5 Å². The quantitative estimate of drug-likeness (QED) is 0.581. The van der Waals surface area contributed by atoms with Gasteiger partial charge in [0.1, 0.15) is 18.2 Å². The minimum absolute atomic E-state index is 0.00794. The van der Waals surface area contributed by atoms with Crippen molar-refractivity contribution in [1.82, 2.24) is 14.9 Å². The Morgan fingerprint density at radius 1 is 1.00 bits per heavy atom. The van der Waals surface area contributed by atoms with Gasteiger partial charge in [-0.25, -0.2) is 17.5 Å². The molecule has 2 aromatic carbocycles. The molecule has 180 valence electrons. The standard InChI is InChI=1S/C24H27N3O6S/c28-21-20(16-25-21)27(34(31,32)19-12-6-2-7-13-19)22(29)24(14-8-3-9-15-24)26-23(30)33-17-18-10-4-1-5-11-18/h1-2,4-7,10-13,20H,3,8-9,14-17H2,(H,25,28)(H,26,30). The van der Waals surface area contributed by atoms with Gasteiger partial charge in [-0.1, -0.05) is 67.8 Å². The van der Waals surface area contributed by atoms with Crippen LogP contribution in [-0.2, 0) is 31.0 Å². The summed E-state index contributed by atoms with van der Waals surface area (Å²) in [5.74, 6) is -1.36. The second kappa shape index (κ2) is 9.84. The number of sulfonamides is 1. The van der Waals surface area contributed by atoms with Crippen LogP contribution in [0.2, 0.25) is 0 Å². The molecule has 3 amide bonds. The fraction of sp³-hybridized carbons (Fsp3) is 0.375. The average Bonchev–Trinajstić information content (AvgIpc) is 2.86. The van der Waals surface area contributed by atoms with E-state index < -0.39 is 39.5 Å². The number of ether oxygens (including phenoxy) is 1. The van der Waals surface area contributed by atoms with Gasteiger partial charge in [0.05, 0.1) is 4.90 Å². The first kappa shape index (κ1) is 23.7. The molecule has 1 heterocycles. The predicted molar refractivity (Wildman–Crippen MR) is 123 cm³/mol. The lowest BCUT2D eigenvalue weighted by Gasteiger charge is -2.43. The summed E-state index contributed by atoms with van der Waals surface area (Å²) >= 11 is 0. The summed E-state index contributed by atoms with van der Waals surface area (Å²) in [6.45, 7) is 0.0270. The maximum absolute atomic E-state index is 13.9. The number of benzene rings is 2. The zero-order chi connectivity index (χ0) is 24.2. The number of amides is 3. The molecule has 2 aromatic rings. The molecule has 9 nitrogen and oxygen atoms in total. The van der Waals surface area contributed by atoms with Crippen molar-refractivity contribution in [3.05, 3.63) is 66.2 Å². The van der Waals surface area contributed by atoms with Crippen molar-refractivity contribution >= 4 is 27.9 Å². The van der Waals surface area contributed by atoms with Crippen LogP contribution in [0.5, 0.6) is 0 Å². The normalized spacial score (nSPS) is 19.3. The Balaban J connectivity index is 1.62. The minimum atomic E-state index is -4.34. The van der Waals surface area contributed by atoms with Gasteiger partial charge in [-0.2, -0.15) is 0 Å². The highest BCUT2D eigenvalue weighted by Gasteiger charge is 2.52. The number of nitrogens with zero attached hydrogens (tertiary/aromatic N) is 1. The van der Waals surface area contributed by atoms with Crippen molar-refractivity contribution in [2.45, 2.75) is 55.2 Å². The number of rotatable bonds is 7. The van der Waals surface area contributed by atoms with Gasteiger partial charge in [0.25, 0.3) is 15.9 Å². The molecule has 1 aliphatic heterocycles. The summed E-state index contributed by atoms with van der Waals surface area (Å²) < 4.78 is 33.0. The van der Waals surface area contributed by atoms with Crippen LogP contribution in [0.1, 0.15) is 37.7 Å². The third-order valence-electron chi connectivity index (χ3n) is 6.23. The van der Waals surface area contributed by atoms with E-state index in [0.29, 0.717) is 17.1 Å². The molecule has 0 bridgehead atoms. The summed E-state index contributed by atoms with van der Waals surface area (Å²) in [5, 5.41) is 5.18. The van der Waals surface area contributed by atoms with Crippen LogP contribution in [0.3, 0.4) is 0 Å². The van der Waals surface area contributed by atoms with Crippen molar-refractivity contribution in [2.24, 2.45) is 0 Å². The molecular formula is C24H27N3O6S. The van der Waals surface area contributed by atoms with E-state index in [0.717, 1.165) is 12.0 Å². The Morgan fingerprint density at radius 3 is 2.18 bits per heavy atom. The highest BCUT2D eigenvalue weighted by atomic mass is 32.2. The Hall–Kier alpha value is -3.40. The van der Waals surface area contributed by atoms with Gasteiger partial charge >= 0.3 is 6.09 Å². The molecule has 2 fully saturated rings. The van der Waals surface area contributed by atoms with Crippen LogP contribution < -0.4 is 10.6 Å². The lowest BCUT2D eigenvalue weighted by atomic mass is 9.80. The molecule has 34 heavy (non-hydrogen) atoms. The molecular weight excluding hydrogens is 458 g/mol. The fourth-order valence-corrected chi connectivity index (χ4v) is 5.93. The lowest BCUT2D eigenvalue weighted by Crippen LogP contribution is -2.70. The van der Waals surface area contributed by atoms with Crippen LogP contribution in [0.15, 0.2) is 65.6 Å². The number of β-lactam (4-membered cyclic amide) rings is 1. The Morgan fingerprint density at radius 2 is 1.62 bits per heavy atom. The zero-order valence-electron chi connectivity index (χ0n) is 18.6. The maximum Gasteiger partial charge on any atom is 0.408 e. The number of carbonyl (C=O) groups excluding carboxylic acids is 3. The van der Waals surface area contributed by atoms with Crippen molar-refractivity contribution in [1.29, 1.82) is 0 Å². The topological polar surface area (TPSA) is 122 Å². The summed E-state index contributed by atoms with van der Waals surface area (Å²) in [6, 6.07) is 15.4. The summed E-state index contributed by atoms with van der Waals surface area (Å²) in [4.78, 5) is 38.8. The van der Waals surface area contributed by atoms with Crippen molar-refractivity contribution in [3.8, 4) is 0 Å². The summed E-state index contributed by atoms with van der Waals surface area (Å²) in [6.07, 6.45) is 1.80. The second-order valence-corrected chi connectivity index (χ2v) is 10.3. The smallest absolute Gasteiger partial charge is 0.408 e. The molecule has 10 heteroatoms. The van der Waals surface area contributed by atoms with Gasteiger partial charge in [-0.3, -0.25) is 9.59 Å². The third kappa shape index (κ3) is 4.77. The number of carbonyl (C=O) groups is 3. The number of hydrogen-bond donors (Lipinski definition) is 2. The molecule has 1 unspecified atom stereocenters. The van der Waals surface area contributed by atoms with E-state index in [2.05, 4.69) is 10.6 Å². The zero-order valence-corrected chi connectivity index (χ0v) is 19.4. The van der Waals surface area contributed by atoms with Gasteiger partial charge in [0.15, 0.2) is 0 Å². The Bertz CT molecular complexity index is 1150. The first-order chi connectivity index (χ1) is 16.3. The molecule has 1 atom stereocenters. The third-order valence-corrected chi connectivity index (χ3v) is 8.03. The molecule has 0 spiro atoms. The molecule has 1 saturated heterocycles. The number of alkyl carbamates (subject to hydrolysis) is 1. The van der Waals surface area contributed by atoms with E-state index in [4.69, 9.17) is 4.74 Å². The summed E-state index contributed by atoms with van der Waals surface area (Å²) in [5.41, 5.74) is -0.704. The van der Waals surface area contributed by atoms with Crippen LogP contribution in [0, 0.1) is 0 Å². The molecule has 1 saturated carbocycles. The molecule has 2 N–H and O–H groups in total. The first-order valence-electron chi connectivity index (χ1n) is 11.2. The van der Waals surface area contributed by atoms with E-state index >= 15 is 0 Å². The summed E-state index contributed by atoms with van der Waals surface area (Å²) in [7, 11) is -4.34. The maximum atomic E-state index is 13.9. The van der Waals surface area contributed by atoms with E-state index in [9.17, 15) is 22.8 Å².